The summed E-state index contributed by atoms with van der Waals surface area (Å²) in [6, 6.07) is 6.89. The van der Waals surface area contributed by atoms with Gasteiger partial charge in [-0.15, -0.1) is 11.3 Å². The summed E-state index contributed by atoms with van der Waals surface area (Å²) in [4.78, 5) is 32.1. The molecule has 0 saturated carbocycles. The standard InChI is InChI=1S/C16H16N4O2S/c21-15-10-11(18-14-6-7-17-20(14)15)12-4-1-2-8-19(12)16(22)13-5-3-9-23-13/h3,5-7,9-10,12,17H,1-2,4,8H2/t12-/m0/s1. The SMILES string of the molecule is O=C(c1cccs1)N1CCCC[C@H]1c1cc(=O)n2[nH]ccc2n1. The lowest BCUT2D eigenvalue weighted by atomic mass is 9.98. The quantitative estimate of drug-likeness (QED) is 0.785. The van der Waals surface area contributed by atoms with Gasteiger partial charge < -0.3 is 4.90 Å². The number of aromatic nitrogens is 3. The molecule has 4 rings (SSSR count). The van der Waals surface area contributed by atoms with Crippen LogP contribution in [0.1, 0.15) is 40.7 Å². The summed E-state index contributed by atoms with van der Waals surface area (Å²) in [6.45, 7) is 0.704. The van der Waals surface area contributed by atoms with E-state index in [-0.39, 0.29) is 17.5 Å². The van der Waals surface area contributed by atoms with Gasteiger partial charge >= 0.3 is 0 Å². The highest BCUT2D eigenvalue weighted by Gasteiger charge is 2.30. The lowest BCUT2D eigenvalue weighted by molar-refractivity contribution is 0.0611. The number of nitrogens with one attached hydrogen (secondary N) is 1. The number of rotatable bonds is 2. The fraction of sp³-hybridized carbons (Fsp3) is 0.312. The van der Waals surface area contributed by atoms with Gasteiger partial charge in [0.25, 0.3) is 11.5 Å². The van der Waals surface area contributed by atoms with E-state index in [1.165, 1.54) is 21.9 Å². The predicted octanol–water partition coefficient (Wildman–Crippen LogP) is 2.45. The zero-order valence-corrected chi connectivity index (χ0v) is 13.3. The fourth-order valence-electron chi connectivity index (χ4n) is 3.14. The normalized spacial score (nSPS) is 18.4. The lowest BCUT2D eigenvalue weighted by Gasteiger charge is -2.35. The molecule has 4 heterocycles. The minimum Gasteiger partial charge on any atom is -0.329 e. The van der Waals surface area contributed by atoms with E-state index in [0.29, 0.717) is 17.9 Å². The Kier molecular flexibility index (Phi) is 3.49. The average molecular weight is 328 g/mol. The highest BCUT2D eigenvalue weighted by atomic mass is 32.1. The van der Waals surface area contributed by atoms with Gasteiger partial charge in [-0.3, -0.25) is 14.7 Å². The second-order valence-corrected chi connectivity index (χ2v) is 6.61. The van der Waals surface area contributed by atoms with Crippen LogP contribution < -0.4 is 5.56 Å². The van der Waals surface area contributed by atoms with Crippen molar-refractivity contribution in [2.75, 3.05) is 6.54 Å². The largest absolute Gasteiger partial charge is 0.329 e. The topological polar surface area (TPSA) is 70.5 Å². The average Bonchev–Trinajstić information content (AvgIpc) is 3.25. The van der Waals surface area contributed by atoms with E-state index in [1.807, 2.05) is 22.4 Å². The maximum absolute atomic E-state index is 12.8. The molecule has 3 aromatic rings. The number of likely N-dealkylation sites (tertiary alicyclic amines) is 1. The lowest BCUT2D eigenvalue weighted by Crippen LogP contribution is -2.39. The van der Waals surface area contributed by atoms with Crippen molar-refractivity contribution in [3.05, 3.63) is 56.8 Å². The van der Waals surface area contributed by atoms with Crippen LogP contribution in [0.2, 0.25) is 0 Å². The van der Waals surface area contributed by atoms with Crippen LogP contribution in [0.5, 0.6) is 0 Å². The molecule has 1 fully saturated rings. The van der Waals surface area contributed by atoms with Crippen LogP contribution in [0.3, 0.4) is 0 Å². The van der Waals surface area contributed by atoms with Gasteiger partial charge in [0.1, 0.15) is 0 Å². The van der Waals surface area contributed by atoms with Crippen molar-refractivity contribution in [2.24, 2.45) is 0 Å². The molecule has 0 radical (unpaired) electrons. The molecule has 3 aromatic heterocycles. The number of H-pyrrole nitrogens is 1. The van der Waals surface area contributed by atoms with Gasteiger partial charge in [-0.1, -0.05) is 6.07 Å². The molecule has 1 saturated heterocycles. The molecular formula is C16H16N4O2S. The molecule has 6 nitrogen and oxygen atoms in total. The summed E-state index contributed by atoms with van der Waals surface area (Å²) < 4.78 is 1.40. The second kappa shape index (κ2) is 5.66. The van der Waals surface area contributed by atoms with E-state index in [9.17, 15) is 9.59 Å². The van der Waals surface area contributed by atoms with Crippen molar-refractivity contribution in [1.29, 1.82) is 0 Å². The van der Waals surface area contributed by atoms with E-state index in [2.05, 4.69) is 10.1 Å². The molecule has 1 N–H and O–H groups in total. The monoisotopic (exact) mass is 328 g/mol. The first-order valence-electron chi connectivity index (χ1n) is 7.65. The number of thiophene rings is 1. The Morgan fingerprint density at radius 1 is 1.35 bits per heavy atom. The third-order valence-corrected chi connectivity index (χ3v) is 5.10. The van der Waals surface area contributed by atoms with E-state index in [0.717, 1.165) is 24.1 Å². The Hall–Kier alpha value is -2.41. The first kappa shape index (κ1) is 14.2. The summed E-state index contributed by atoms with van der Waals surface area (Å²) in [5.41, 5.74) is 1.12. The number of fused-ring (bicyclic) bond motifs is 1. The van der Waals surface area contributed by atoms with Crippen LogP contribution in [-0.2, 0) is 0 Å². The molecule has 0 aromatic carbocycles. The van der Waals surface area contributed by atoms with Gasteiger partial charge in [0.15, 0.2) is 5.65 Å². The molecule has 7 heteroatoms. The van der Waals surface area contributed by atoms with Crippen molar-refractivity contribution >= 4 is 22.9 Å². The first-order valence-corrected chi connectivity index (χ1v) is 8.53. The maximum atomic E-state index is 12.8. The molecule has 1 atom stereocenters. The van der Waals surface area contributed by atoms with Crippen molar-refractivity contribution in [3.63, 3.8) is 0 Å². The number of hydrogen-bond donors (Lipinski definition) is 1. The number of hydrogen-bond acceptors (Lipinski definition) is 4. The van der Waals surface area contributed by atoms with Crippen LogP contribution in [0, 0.1) is 0 Å². The van der Waals surface area contributed by atoms with E-state index >= 15 is 0 Å². The van der Waals surface area contributed by atoms with Gasteiger partial charge in [-0.25, -0.2) is 9.50 Å². The first-order chi connectivity index (χ1) is 11.2. The van der Waals surface area contributed by atoms with E-state index in [1.54, 1.807) is 12.3 Å². The smallest absolute Gasteiger partial charge is 0.272 e. The molecule has 118 valence electrons. The third-order valence-electron chi connectivity index (χ3n) is 4.24. The summed E-state index contributed by atoms with van der Waals surface area (Å²) >= 11 is 1.45. The summed E-state index contributed by atoms with van der Waals surface area (Å²) in [5.74, 6) is 0.0285. The van der Waals surface area contributed by atoms with Gasteiger partial charge in [-0.2, -0.15) is 0 Å². The Morgan fingerprint density at radius 2 is 2.26 bits per heavy atom. The van der Waals surface area contributed by atoms with Crippen molar-refractivity contribution in [2.45, 2.75) is 25.3 Å². The molecule has 23 heavy (non-hydrogen) atoms. The highest BCUT2D eigenvalue weighted by molar-refractivity contribution is 7.12. The van der Waals surface area contributed by atoms with Crippen LogP contribution in [0.15, 0.2) is 40.6 Å². The number of nitrogens with zero attached hydrogens (tertiary/aromatic N) is 3. The Balaban J connectivity index is 1.74. The van der Waals surface area contributed by atoms with Gasteiger partial charge in [0.05, 0.1) is 16.6 Å². The summed E-state index contributed by atoms with van der Waals surface area (Å²) in [6.07, 6.45) is 4.54. The van der Waals surface area contributed by atoms with Crippen molar-refractivity contribution < 1.29 is 4.79 Å². The van der Waals surface area contributed by atoms with Crippen LogP contribution >= 0.6 is 11.3 Å². The highest BCUT2D eigenvalue weighted by Crippen LogP contribution is 2.31. The molecule has 0 bridgehead atoms. The molecule has 0 unspecified atom stereocenters. The Morgan fingerprint density at radius 3 is 3.09 bits per heavy atom. The number of carbonyl (C=O) groups excluding carboxylic acids is 1. The van der Waals surface area contributed by atoms with E-state index in [4.69, 9.17) is 0 Å². The van der Waals surface area contributed by atoms with Gasteiger partial charge in [0.2, 0.25) is 0 Å². The molecule has 0 aliphatic carbocycles. The van der Waals surface area contributed by atoms with Crippen LogP contribution in [0.4, 0.5) is 0 Å². The Bertz CT molecular complexity index is 896. The minimum absolute atomic E-state index is 0.0285. The molecule has 1 aliphatic rings. The van der Waals surface area contributed by atoms with Gasteiger partial charge in [-0.05, 0) is 30.7 Å². The number of carbonyl (C=O) groups is 1. The second-order valence-electron chi connectivity index (χ2n) is 5.66. The number of aromatic amines is 1. The van der Waals surface area contributed by atoms with Crippen LogP contribution in [-0.4, -0.2) is 31.9 Å². The zero-order chi connectivity index (χ0) is 15.8. The number of piperidine rings is 1. The molecule has 0 spiro atoms. The van der Waals surface area contributed by atoms with Crippen LogP contribution in [0.25, 0.3) is 5.65 Å². The minimum atomic E-state index is -0.149. The van der Waals surface area contributed by atoms with Gasteiger partial charge in [0, 0.05) is 24.9 Å². The third kappa shape index (κ3) is 2.46. The zero-order valence-electron chi connectivity index (χ0n) is 12.4. The predicted molar refractivity (Wildman–Crippen MR) is 87.8 cm³/mol. The maximum Gasteiger partial charge on any atom is 0.272 e. The van der Waals surface area contributed by atoms with E-state index < -0.39 is 0 Å². The summed E-state index contributed by atoms with van der Waals surface area (Å²) in [5, 5.41) is 4.74. The molecule has 1 aliphatic heterocycles. The fourth-order valence-corrected chi connectivity index (χ4v) is 3.82. The van der Waals surface area contributed by atoms with Crippen molar-refractivity contribution in [1.82, 2.24) is 19.5 Å². The Labute approximate surface area is 136 Å². The number of amides is 1. The molecule has 1 amide bonds. The molecular weight excluding hydrogens is 312 g/mol. The van der Waals surface area contributed by atoms with Crippen molar-refractivity contribution in [3.8, 4) is 0 Å². The summed E-state index contributed by atoms with van der Waals surface area (Å²) in [7, 11) is 0.